The van der Waals surface area contributed by atoms with Gasteiger partial charge in [-0.3, -0.25) is 9.69 Å². The summed E-state index contributed by atoms with van der Waals surface area (Å²) in [6, 6.07) is 11.8. The number of rotatable bonds is 10. The van der Waals surface area contributed by atoms with Crippen molar-refractivity contribution in [2.75, 3.05) is 58.8 Å². The molecule has 0 unspecified atom stereocenters. The summed E-state index contributed by atoms with van der Waals surface area (Å²) >= 11 is 0. The molecule has 1 fully saturated rings. The van der Waals surface area contributed by atoms with Crippen molar-refractivity contribution >= 4 is 11.6 Å². The molecule has 2 aliphatic rings. The lowest BCUT2D eigenvalue weighted by Crippen LogP contribution is -2.42. The largest absolute Gasteiger partial charge is 0.416 e. The summed E-state index contributed by atoms with van der Waals surface area (Å²) in [5.74, 6) is 0.672. The van der Waals surface area contributed by atoms with Crippen LogP contribution in [-0.4, -0.2) is 74.5 Å². The van der Waals surface area contributed by atoms with E-state index >= 15 is 0 Å². The van der Waals surface area contributed by atoms with Crippen LogP contribution in [0.5, 0.6) is 0 Å². The predicted octanol–water partition coefficient (Wildman–Crippen LogP) is 4.50. The fourth-order valence-corrected chi connectivity index (χ4v) is 4.97. The Morgan fingerprint density at radius 2 is 1.78 bits per heavy atom. The number of anilines is 1. The van der Waals surface area contributed by atoms with Crippen molar-refractivity contribution in [3.05, 3.63) is 64.7 Å². The van der Waals surface area contributed by atoms with Crippen LogP contribution in [0, 0.1) is 5.92 Å². The van der Waals surface area contributed by atoms with Crippen molar-refractivity contribution in [2.24, 2.45) is 5.92 Å². The zero-order valence-corrected chi connectivity index (χ0v) is 21.5. The molecule has 4 rings (SSSR count). The van der Waals surface area contributed by atoms with Crippen molar-refractivity contribution in [1.29, 1.82) is 0 Å². The molecule has 1 aliphatic heterocycles. The third-order valence-electron chi connectivity index (χ3n) is 7.17. The average molecular weight is 503 g/mol. The van der Waals surface area contributed by atoms with E-state index in [9.17, 15) is 18.0 Å². The summed E-state index contributed by atoms with van der Waals surface area (Å²) in [7, 11) is 5.68. The van der Waals surface area contributed by atoms with E-state index in [1.165, 1.54) is 36.1 Å². The van der Waals surface area contributed by atoms with E-state index in [0.717, 1.165) is 43.7 Å². The highest BCUT2D eigenvalue weighted by atomic mass is 19.4. The minimum Gasteiger partial charge on any atom is -0.365 e. The van der Waals surface area contributed by atoms with Crippen LogP contribution in [0.15, 0.2) is 42.5 Å². The van der Waals surface area contributed by atoms with Crippen LogP contribution in [0.1, 0.15) is 35.1 Å². The van der Waals surface area contributed by atoms with E-state index in [1.54, 1.807) is 11.0 Å². The van der Waals surface area contributed by atoms with Crippen LogP contribution in [0.3, 0.4) is 0 Å². The topological polar surface area (TPSA) is 30.0 Å². The highest BCUT2D eigenvalue weighted by Crippen LogP contribution is 2.34. The quantitative estimate of drug-likeness (QED) is 0.479. The Balaban J connectivity index is 1.48. The van der Waals surface area contributed by atoms with E-state index in [2.05, 4.69) is 11.0 Å². The summed E-state index contributed by atoms with van der Waals surface area (Å²) in [6.45, 7) is 4.09. The van der Waals surface area contributed by atoms with Crippen molar-refractivity contribution < 1.29 is 18.0 Å². The maximum atomic E-state index is 13.6. The van der Waals surface area contributed by atoms with Gasteiger partial charge in [0, 0.05) is 52.0 Å². The fraction of sp³-hybridized carbons (Fsp3) is 0.536. The van der Waals surface area contributed by atoms with Crippen molar-refractivity contribution in [2.45, 2.75) is 38.5 Å². The number of nitrogens with zero attached hydrogens (tertiary/aromatic N) is 4. The Hall–Kier alpha value is -2.58. The van der Waals surface area contributed by atoms with E-state index in [-0.39, 0.29) is 24.6 Å². The van der Waals surface area contributed by atoms with Crippen molar-refractivity contribution in [3.8, 4) is 0 Å². The molecule has 1 heterocycles. The van der Waals surface area contributed by atoms with Crippen LogP contribution in [0.4, 0.5) is 18.9 Å². The number of benzene rings is 2. The predicted molar refractivity (Wildman–Crippen MR) is 137 cm³/mol. The second kappa shape index (κ2) is 11.2. The summed E-state index contributed by atoms with van der Waals surface area (Å²) in [5.41, 5.74) is 3.06. The number of alkyl halides is 3. The third-order valence-corrected chi connectivity index (χ3v) is 7.17. The van der Waals surface area contributed by atoms with E-state index in [4.69, 9.17) is 0 Å². The standard InChI is InChI=1S/C28H37F3N4O/c1-32(2)15-16-35(19-23-7-4-5-9-25(23)28(29,30)31)27(36)20-33(3)26-10-6-8-22-18-34(14-13-24(22)26)17-21-11-12-21/h4-10,21H,11-20H2,1-3H3. The average Bonchev–Trinajstić information content (AvgIpc) is 3.64. The summed E-state index contributed by atoms with van der Waals surface area (Å²) in [5, 5.41) is 0. The van der Waals surface area contributed by atoms with Gasteiger partial charge in [0.15, 0.2) is 0 Å². The molecule has 0 N–H and O–H groups in total. The molecule has 0 spiro atoms. The zero-order valence-electron chi connectivity index (χ0n) is 21.5. The molecular weight excluding hydrogens is 465 g/mol. The molecule has 1 saturated carbocycles. The first-order valence-corrected chi connectivity index (χ1v) is 12.7. The van der Waals surface area contributed by atoms with Gasteiger partial charge in [-0.2, -0.15) is 13.2 Å². The Bertz CT molecular complexity index is 1050. The maximum Gasteiger partial charge on any atom is 0.416 e. The van der Waals surface area contributed by atoms with Gasteiger partial charge in [0.05, 0.1) is 12.1 Å². The SMILES string of the molecule is CN(C)CCN(Cc1ccccc1C(F)(F)F)C(=O)CN(C)c1cccc2c1CCN(CC1CC1)C2. The van der Waals surface area contributed by atoms with Crippen molar-refractivity contribution in [1.82, 2.24) is 14.7 Å². The molecule has 36 heavy (non-hydrogen) atoms. The Morgan fingerprint density at radius 1 is 1.03 bits per heavy atom. The van der Waals surface area contributed by atoms with Gasteiger partial charge in [-0.25, -0.2) is 0 Å². The number of hydrogen-bond acceptors (Lipinski definition) is 4. The Labute approximate surface area is 212 Å². The third kappa shape index (κ3) is 6.79. The van der Waals surface area contributed by atoms with Crippen LogP contribution in [0.2, 0.25) is 0 Å². The fourth-order valence-electron chi connectivity index (χ4n) is 4.97. The number of halogens is 3. The highest BCUT2D eigenvalue weighted by molar-refractivity contribution is 5.82. The lowest BCUT2D eigenvalue weighted by molar-refractivity contribution is -0.139. The first kappa shape index (κ1) is 26.5. The van der Waals surface area contributed by atoms with Crippen LogP contribution < -0.4 is 4.90 Å². The van der Waals surface area contributed by atoms with Gasteiger partial charge in [-0.05, 0) is 68.1 Å². The van der Waals surface area contributed by atoms with Crippen LogP contribution in [-0.2, 0) is 30.5 Å². The van der Waals surface area contributed by atoms with Gasteiger partial charge < -0.3 is 14.7 Å². The molecular formula is C28H37F3N4O. The molecule has 1 aliphatic carbocycles. The molecule has 2 aromatic carbocycles. The van der Waals surface area contributed by atoms with Gasteiger partial charge >= 0.3 is 6.18 Å². The second-order valence-corrected chi connectivity index (χ2v) is 10.5. The summed E-state index contributed by atoms with van der Waals surface area (Å²) < 4.78 is 40.7. The number of likely N-dealkylation sites (N-methyl/N-ethyl adjacent to an activating group) is 2. The smallest absolute Gasteiger partial charge is 0.365 e. The molecule has 1 amide bonds. The van der Waals surface area contributed by atoms with Crippen LogP contribution in [0.25, 0.3) is 0 Å². The normalized spacial score (nSPS) is 16.2. The molecule has 8 heteroatoms. The van der Waals surface area contributed by atoms with Crippen molar-refractivity contribution in [3.63, 3.8) is 0 Å². The van der Waals surface area contributed by atoms with E-state index in [0.29, 0.717) is 13.1 Å². The Morgan fingerprint density at radius 3 is 2.47 bits per heavy atom. The number of hydrogen-bond donors (Lipinski definition) is 0. The number of fused-ring (bicyclic) bond motifs is 1. The molecule has 0 saturated heterocycles. The first-order chi connectivity index (χ1) is 17.1. The van der Waals surface area contributed by atoms with Gasteiger partial charge in [0.25, 0.3) is 0 Å². The van der Waals surface area contributed by atoms with E-state index < -0.39 is 11.7 Å². The zero-order chi connectivity index (χ0) is 25.9. The minimum absolute atomic E-state index is 0.0702. The first-order valence-electron chi connectivity index (χ1n) is 12.7. The molecule has 5 nitrogen and oxygen atoms in total. The van der Waals surface area contributed by atoms with Gasteiger partial charge in [-0.1, -0.05) is 30.3 Å². The molecule has 0 atom stereocenters. The maximum absolute atomic E-state index is 13.6. The summed E-state index contributed by atoms with van der Waals surface area (Å²) in [4.78, 5) is 21.4. The number of amides is 1. The molecule has 196 valence electrons. The number of carbonyl (C=O) groups is 1. The molecule has 0 radical (unpaired) electrons. The lowest BCUT2D eigenvalue weighted by Gasteiger charge is -2.33. The van der Waals surface area contributed by atoms with Gasteiger partial charge in [0.2, 0.25) is 5.91 Å². The monoisotopic (exact) mass is 502 g/mol. The number of carbonyl (C=O) groups excluding carboxylic acids is 1. The minimum atomic E-state index is -4.46. The van der Waals surface area contributed by atoms with Crippen LogP contribution >= 0.6 is 0 Å². The molecule has 0 bridgehead atoms. The Kier molecular flexibility index (Phi) is 8.25. The van der Waals surface area contributed by atoms with Gasteiger partial charge in [-0.15, -0.1) is 0 Å². The lowest BCUT2D eigenvalue weighted by atomic mass is 9.97. The highest BCUT2D eigenvalue weighted by Gasteiger charge is 2.34. The molecule has 0 aromatic heterocycles. The molecule has 2 aromatic rings. The van der Waals surface area contributed by atoms with Gasteiger partial charge in [0.1, 0.15) is 0 Å². The second-order valence-electron chi connectivity index (χ2n) is 10.5. The summed E-state index contributed by atoms with van der Waals surface area (Å²) in [6.07, 6.45) is -0.835. The van der Waals surface area contributed by atoms with E-state index in [1.807, 2.05) is 43.1 Å².